The average Bonchev–Trinajstić information content (AvgIpc) is 2.61. The van der Waals surface area contributed by atoms with Crippen LogP contribution in [0.5, 0.6) is 0 Å². The SMILES string of the molecule is CNC(=O)CN(CCN(CCN(CC(=O)[O-])CC(=O)NC)CC(=O)[O-])CC(=O)[O-].[Dy+3]. The molecule has 0 aliphatic rings. The third-order valence-electron chi connectivity index (χ3n) is 3.82. The largest absolute Gasteiger partial charge is 3.00 e. The van der Waals surface area contributed by atoms with Crippen molar-refractivity contribution in [3.8, 4) is 0 Å². The number of rotatable bonds is 16. The number of carbonyl (C=O) groups excluding carboxylic acids is 5. The summed E-state index contributed by atoms with van der Waals surface area (Å²) in [5.74, 6) is -5.04. The van der Waals surface area contributed by atoms with E-state index in [1.54, 1.807) is 0 Å². The maximum atomic E-state index is 11.5. The second kappa shape index (κ2) is 17.2. The fourth-order valence-corrected chi connectivity index (χ4v) is 2.38. The van der Waals surface area contributed by atoms with E-state index in [9.17, 15) is 39.3 Å². The molecule has 14 heteroatoms. The van der Waals surface area contributed by atoms with E-state index in [-0.39, 0.29) is 77.4 Å². The number of carbonyl (C=O) groups is 5. The fraction of sp³-hybridized carbons (Fsp3) is 0.688. The van der Waals surface area contributed by atoms with Gasteiger partial charge >= 0.3 is 38.2 Å². The minimum absolute atomic E-state index is 0. The minimum Gasteiger partial charge on any atom is -0.549 e. The van der Waals surface area contributed by atoms with E-state index < -0.39 is 49.4 Å². The molecule has 0 aromatic carbocycles. The van der Waals surface area contributed by atoms with Crippen molar-refractivity contribution < 1.29 is 77.5 Å². The Kier molecular flexibility index (Phi) is 17.6. The number of hydrogen-bond donors (Lipinski definition) is 2. The Hall–Kier alpha value is -1.50. The summed E-state index contributed by atoms with van der Waals surface area (Å²) < 4.78 is 0. The number of hydrogen-bond acceptors (Lipinski definition) is 11. The zero-order chi connectivity index (χ0) is 22.4. The average molecular weight is 579 g/mol. The number of nitrogens with one attached hydrogen (secondary N) is 2. The molecule has 0 aliphatic carbocycles. The Balaban J connectivity index is 0. The van der Waals surface area contributed by atoms with Gasteiger partial charge < -0.3 is 40.3 Å². The minimum atomic E-state index is -1.40. The quantitative estimate of drug-likeness (QED) is 0.177. The number of aliphatic carboxylic acids is 3. The first-order valence-electron chi connectivity index (χ1n) is 8.75. The number of carboxylic acids is 3. The maximum Gasteiger partial charge on any atom is 3.00 e. The van der Waals surface area contributed by atoms with Gasteiger partial charge in [-0.05, 0) is 0 Å². The Morgan fingerprint density at radius 1 is 0.567 bits per heavy atom. The van der Waals surface area contributed by atoms with Gasteiger partial charge in [0, 0.05) is 59.9 Å². The van der Waals surface area contributed by atoms with Gasteiger partial charge in [0.2, 0.25) is 11.8 Å². The Morgan fingerprint density at radius 3 is 1.10 bits per heavy atom. The molecule has 0 aromatic rings. The van der Waals surface area contributed by atoms with E-state index in [0.717, 1.165) is 0 Å². The zero-order valence-electron chi connectivity index (χ0n) is 16.8. The molecule has 0 heterocycles. The van der Waals surface area contributed by atoms with Crippen LogP contribution < -0.4 is 26.0 Å². The molecular weight excluding hydrogens is 553 g/mol. The molecule has 30 heavy (non-hydrogen) atoms. The molecule has 0 saturated carbocycles. The van der Waals surface area contributed by atoms with Crippen LogP contribution in [-0.2, 0) is 24.0 Å². The van der Waals surface area contributed by atoms with E-state index in [0.29, 0.717) is 0 Å². The van der Waals surface area contributed by atoms with Crippen molar-refractivity contribution in [1.29, 1.82) is 0 Å². The van der Waals surface area contributed by atoms with Crippen LogP contribution in [0.2, 0.25) is 0 Å². The van der Waals surface area contributed by atoms with Crippen molar-refractivity contribution in [2.75, 3.05) is 73.0 Å². The van der Waals surface area contributed by atoms with Crippen molar-refractivity contribution in [3.63, 3.8) is 0 Å². The second-order valence-electron chi connectivity index (χ2n) is 6.16. The molecule has 0 unspecified atom stereocenters. The van der Waals surface area contributed by atoms with Crippen molar-refractivity contribution in [3.05, 3.63) is 0 Å². The molecule has 0 atom stereocenters. The van der Waals surface area contributed by atoms with Crippen LogP contribution >= 0.6 is 0 Å². The molecule has 2 amide bonds. The summed E-state index contributed by atoms with van der Waals surface area (Å²) in [6.07, 6.45) is 0. The molecule has 1 radical (unpaired) electrons. The van der Waals surface area contributed by atoms with Crippen LogP contribution in [0.1, 0.15) is 0 Å². The Labute approximate surface area is 204 Å². The van der Waals surface area contributed by atoms with Gasteiger partial charge in [-0.1, -0.05) is 0 Å². The van der Waals surface area contributed by atoms with Gasteiger partial charge in [0.25, 0.3) is 0 Å². The first-order valence-corrected chi connectivity index (χ1v) is 8.75. The van der Waals surface area contributed by atoms with E-state index in [4.69, 9.17) is 0 Å². The Bertz CT molecular complexity index is 550. The molecule has 0 spiro atoms. The number of nitrogens with zero attached hydrogens (tertiary/aromatic N) is 3. The van der Waals surface area contributed by atoms with Gasteiger partial charge in [-0.2, -0.15) is 0 Å². The van der Waals surface area contributed by atoms with Crippen LogP contribution in [0.25, 0.3) is 0 Å². The molecule has 0 bridgehead atoms. The molecule has 173 valence electrons. The molecule has 0 aliphatic heterocycles. The van der Waals surface area contributed by atoms with Crippen molar-refractivity contribution in [2.24, 2.45) is 0 Å². The predicted molar refractivity (Wildman–Crippen MR) is 92.5 cm³/mol. The molecule has 0 rings (SSSR count). The van der Waals surface area contributed by atoms with Gasteiger partial charge in [0.05, 0.1) is 31.0 Å². The summed E-state index contributed by atoms with van der Waals surface area (Å²) >= 11 is 0. The summed E-state index contributed by atoms with van der Waals surface area (Å²) in [7, 11) is 2.78. The first-order chi connectivity index (χ1) is 13.6. The molecule has 13 nitrogen and oxygen atoms in total. The van der Waals surface area contributed by atoms with Crippen molar-refractivity contribution >= 4 is 29.7 Å². The fourth-order valence-electron chi connectivity index (χ4n) is 2.38. The summed E-state index contributed by atoms with van der Waals surface area (Å²) in [5.41, 5.74) is 0. The smallest absolute Gasteiger partial charge is 0.549 e. The third-order valence-corrected chi connectivity index (χ3v) is 3.82. The van der Waals surface area contributed by atoms with Crippen LogP contribution in [-0.4, -0.2) is 117 Å². The van der Waals surface area contributed by atoms with Crippen LogP contribution in [0.15, 0.2) is 0 Å². The molecule has 0 aromatic heterocycles. The molecule has 0 saturated heterocycles. The third kappa shape index (κ3) is 16.3. The van der Waals surface area contributed by atoms with Gasteiger partial charge in [0.15, 0.2) is 0 Å². The maximum absolute atomic E-state index is 11.5. The van der Waals surface area contributed by atoms with Crippen molar-refractivity contribution in [1.82, 2.24) is 25.3 Å². The van der Waals surface area contributed by atoms with Crippen LogP contribution in [0.3, 0.4) is 0 Å². The summed E-state index contributed by atoms with van der Waals surface area (Å²) in [6.45, 7) is -1.84. The van der Waals surface area contributed by atoms with E-state index >= 15 is 0 Å². The monoisotopic (exact) mass is 580 g/mol. The van der Waals surface area contributed by atoms with Crippen molar-refractivity contribution in [2.45, 2.75) is 0 Å². The number of amides is 2. The van der Waals surface area contributed by atoms with E-state index in [1.165, 1.54) is 28.8 Å². The summed E-state index contributed by atoms with van der Waals surface area (Å²) in [4.78, 5) is 59.6. The topological polar surface area (TPSA) is 188 Å². The van der Waals surface area contributed by atoms with E-state index in [2.05, 4.69) is 10.6 Å². The van der Waals surface area contributed by atoms with Crippen LogP contribution in [0.4, 0.5) is 0 Å². The van der Waals surface area contributed by atoms with Crippen LogP contribution in [0, 0.1) is 38.2 Å². The molecular formula is C16H26DyN5O8. The predicted octanol–water partition coefficient (Wildman–Crippen LogP) is -7.37. The van der Waals surface area contributed by atoms with Gasteiger partial charge in [-0.3, -0.25) is 24.3 Å². The normalized spacial score (nSPS) is 10.6. The summed E-state index contributed by atoms with van der Waals surface area (Å²) in [6, 6.07) is 0. The van der Waals surface area contributed by atoms with E-state index in [1.807, 2.05) is 0 Å². The van der Waals surface area contributed by atoms with Gasteiger partial charge in [-0.25, -0.2) is 0 Å². The molecule has 2 N–H and O–H groups in total. The number of likely N-dealkylation sites (N-methyl/N-ethyl adjacent to an activating group) is 2. The molecule has 0 fully saturated rings. The number of carboxylic acid groups (broad SMARTS) is 3. The zero-order valence-corrected chi connectivity index (χ0v) is 18.8. The Morgan fingerprint density at radius 2 is 0.833 bits per heavy atom. The standard InChI is InChI=1S/C16H29N5O8.Dy/c1-17-12(22)7-20(10-15(26)27)5-3-19(9-14(24)25)4-6-21(11-16(28)29)8-13(23)18-2;/h3-11H2,1-2H3,(H,17,22)(H,18,23)(H,24,25)(H,26,27)(H,28,29);/q;+3/p-3. The summed E-state index contributed by atoms with van der Waals surface area (Å²) in [5, 5.41) is 37.4. The van der Waals surface area contributed by atoms with Gasteiger partial charge in [-0.15, -0.1) is 0 Å². The first kappa shape index (κ1) is 30.7. The second-order valence-corrected chi connectivity index (χ2v) is 6.16. The van der Waals surface area contributed by atoms with Gasteiger partial charge in [0.1, 0.15) is 0 Å².